The summed E-state index contributed by atoms with van der Waals surface area (Å²) in [5, 5.41) is 0. The third-order valence-corrected chi connectivity index (χ3v) is 8.32. The minimum Gasteiger partial charge on any atom is -0.746 e. The maximum Gasteiger partial charge on any atom is 0.319 e. The zero-order valence-electron chi connectivity index (χ0n) is 26.7. The number of benzene rings is 2. The molecule has 0 amide bonds. The second kappa shape index (κ2) is 20.2. The molecule has 8 nitrogen and oxygen atoms in total. The summed E-state index contributed by atoms with van der Waals surface area (Å²) in [7, 11) is -3.16. The van der Waals surface area contributed by atoms with Crippen molar-refractivity contribution in [3.8, 4) is 17.2 Å². The van der Waals surface area contributed by atoms with Crippen LogP contribution >= 0.6 is 7.82 Å². The van der Waals surface area contributed by atoms with E-state index in [1.165, 1.54) is 64.9 Å². The third kappa shape index (κ3) is 13.8. The molecule has 9 heteroatoms. The van der Waals surface area contributed by atoms with Gasteiger partial charge in [-0.2, -0.15) is 0 Å². The number of phosphoric acid groups is 1. The SMILES string of the molecule is CCCCCCCCCCCCOc1cccc(OCC(COP(=O)([O-])Oc2cccc(C[n+]3ccccc3)c2)OC)c1C. The Kier molecular flexibility index (Phi) is 16.3. The Labute approximate surface area is 263 Å². The van der Waals surface area contributed by atoms with Crippen molar-refractivity contribution in [2.45, 2.75) is 90.7 Å². The van der Waals surface area contributed by atoms with Crippen molar-refractivity contribution in [3.63, 3.8) is 0 Å². The molecule has 1 heterocycles. The van der Waals surface area contributed by atoms with E-state index in [0.29, 0.717) is 18.9 Å². The zero-order valence-corrected chi connectivity index (χ0v) is 27.6. The second-order valence-corrected chi connectivity index (χ2v) is 12.4. The molecule has 2 aromatic carbocycles. The van der Waals surface area contributed by atoms with Crippen molar-refractivity contribution in [1.29, 1.82) is 0 Å². The van der Waals surface area contributed by atoms with E-state index in [4.69, 9.17) is 23.3 Å². The molecular weight excluding hydrogens is 577 g/mol. The quantitative estimate of drug-likeness (QED) is 0.0608. The van der Waals surface area contributed by atoms with Gasteiger partial charge in [-0.25, -0.2) is 4.57 Å². The lowest BCUT2D eigenvalue weighted by molar-refractivity contribution is -0.688. The summed E-state index contributed by atoms with van der Waals surface area (Å²) in [6.07, 6.45) is 16.1. The number of methoxy groups -OCH3 is 1. The molecule has 0 aliphatic carbocycles. The summed E-state index contributed by atoms with van der Waals surface area (Å²) in [4.78, 5) is 12.6. The number of nitrogens with zero attached hydrogens (tertiary/aromatic N) is 1. The van der Waals surface area contributed by atoms with Crippen LogP contribution in [0.5, 0.6) is 17.2 Å². The molecule has 1 aromatic heterocycles. The van der Waals surface area contributed by atoms with Gasteiger partial charge in [0.05, 0.1) is 13.2 Å². The Hall–Kier alpha value is -2.90. The fourth-order valence-corrected chi connectivity index (χ4v) is 5.60. The highest BCUT2D eigenvalue weighted by Crippen LogP contribution is 2.40. The average molecular weight is 628 g/mol. The summed E-state index contributed by atoms with van der Waals surface area (Å²) in [5.41, 5.74) is 1.79. The lowest BCUT2D eigenvalue weighted by atomic mass is 10.1. The van der Waals surface area contributed by atoms with Crippen LogP contribution in [0.1, 0.15) is 82.3 Å². The van der Waals surface area contributed by atoms with E-state index in [2.05, 4.69) is 6.92 Å². The van der Waals surface area contributed by atoms with Gasteiger partial charge in [-0.1, -0.05) is 89.0 Å². The Morgan fingerprint density at radius 2 is 1.43 bits per heavy atom. The number of aromatic nitrogens is 1. The highest BCUT2D eigenvalue weighted by Gasteiger charge is 2.18. The number of unbranched alkanes of at least 4 members (excludes halogenated alkanes) is 9. The lowest BCUT2D eigenvalue weighted by Gasteiger charge is -2.26. The first-order chi connectivity index (χ1) is 21.4. The number of phosphoric ester groups is 1. The topological polar surface area (TPSA) is 90.2 Å². The highest BCUT2D eigenvalue weighted by molar-refractivity contribution is 7.46. The number of ether oxygens (including phenoxy) is 3. The van der Waals surface area contributed by atoms with Gasteiger partial charge < -0.3 is 28.2 Å². The van der Waals surface area contributed by atoms with Crippen LogP contribution < -0.4 is 23.5 Å². The standard InChI is InChI=1S/C35H50NO7P/c1-4-5-6-7-8-9-10-11-12-16-25-40-34-21-18-22-35(30(34)2)41-28-33(39-3)29-42-44(37,38)43-32-20-17-19-31(26-32)27-36-23-14-13-15-24-36/h13-15,17-24,26,33H,4-12,16,25,27-29H2,1-3H3. The zero-order chi connectivity index (χ0) is 31.5. The van der Waals surface area contributed by atoms with Gasteiger partial charge in [0.15, 0.2) is 18.9 Å². The van der Waals surface area contributed by atoms with E-state index in [1.807, 2.05) is 66.3 Å². The van der Waals surface area contributed by atoms with Gasteiger partial charge in [0.25, 0.3) is 0 Å². The minimum atomic E-state index is -4.64. The molecule has 0 radical (unpaired) electrons. The van der Waals surface area contributed by atoms with Gasteiger partial charge in [-0.15, -0.1) is 0 Å². The molecular formula is C35H50NO7P. The van der Waals surface area contributed by atoms with Crippen molar-refractivity contribution in [2.24, 2.45) is 0 Å². The predicted octanol–water partition coefficient (Wildman–Crippen LogP) is 7.59. The number of hydrogen-bond donors (Lipinski definition) is 0. The average Bonchev–Trinajstić information content (AvgIpc) is 3.01. The van der Waals surface area contributed by atoms with Crippen LogP contribution in [0.25, 0.3) is 0 Å². The van der Waals surface area contributed by atoms with Crippen LogP contribution in [0.2, 0.25) is 0 Å². The Morgan fingerprint density at radius 3 is 2.11 bits per heavy atom. The number of hydrogen-bond acceptors (Lipinski definition) is 7. The van der Waals surface area contributed by atoms with E-state index in [9.17, 15) is 9.46 Å². The van der Waals surface area contributed by atoms with Gasteiger partial charge in [0.1, 0.15) is 30.0 Å². The van der Waals surface area contributed by atoms with Crippen LogP contribution in [-0.4, -0.2) is 33.0 Å². The lowest BCUT2D eigenvalue weighted by Crippen LogP contribution is -2.32. The van der Waals surface area contributed by atoms with Gasteiger partial charge in [-0.05, 0) is 37.6 Å². The molecule has 242 valence electrons. The van der Waals surface area contributed by atoms with Crippen molar-refractivity contribution < 1.29 is 37.3 Å². The molecule has 3 aromatic rings. The Balaban J connectivity index is 1.38. The fourth-order valence-electron chi connectivity index (χ4n) is 4.83. The van der Waals surface area contributed by atoms with Crippen LogP contribution in [0, 0.1) is 6.92 Å². The van der Waals surface area contributed by atoms with Gasteiger partial charge in [0.2, 0.25) is 0 Å². The Morgan fingerprint density at radius 1 is 0.795 bits per heavy atom. The van der Waals surface area contributed by atoms with Gasteiger partial charge in [-0.3, -0.25) is 4.57 Å². The first-order valence-corrected chi connectivity index (χ1v) is 17.4. The van der Waals surface area contributed by atoms with E-state index in [1.54, 1.807) is 18.2 Å². The largest absolute Gasteiger partial charge is 0.746 e. The summed E-state index contributed by atoms with van der Waals surface area (Å²) < 4.78 is 42.4. The predicted molar refractivity (Wildman–Crippen MR) is 171 cm³/mol. The molecule has 0 bridgehead atoms. The minimum absolute atomic E-state index is 0.100. The van der Waals surface area contributed by atoms with Crippen molar-refractivity contribution in [3.05, 3.63) is 84.2 Å². The molecule has 2 unspecified atom stereocenters. The first-order valence-electron chi connectivity index (χ1n) is 16.0. The summed E-state index contributed by atoms with van der Waals surface area (Å²) in [6, 6.07) is 18.4. The van der Waals surface area contributed by atoms with Crippen molar-refractivity contribution in [2.75, 3.05) is 26.9 Å². The smallest absolute Gasteiger partial charge is 0.319 e. The van der Waals surface area contributed by atoms with Gasteiger partial charge >= 0.3 is 7.82 Å². The van der Waals surface area contributed by atoms with Crippen LogP contribution in [0.3, 0.4) is 0 Å². The Bertz CT molecular complexity index is 1260. The normalized spacial score (nSPS) is 13.3. The van der Waals surface area contributed by atoms with Crippen LogP contribution in [-0.2, 0) is 20.4 Å². The maximum absolute atomic E-state index is 12.6. The molecule has 3 rings (SSSR count). The fraction of sp³-hybridized carbons (Fsp3) is 0.514. The number of rotatable bonds is 23. The van der Waals surface area contributed by atoms with Crippen molar-refractivity contribution in [1.82, 2.24) is 0 Å². The van der Waals surface area contributed by atoms with Crippen LogP contribution in [0.15, 0.2) is 73.1 Å². The molecule has 0 saturated heterocycles. The summed E-state index contributed by atoms with van der Waals surface area (Å²) >= 11 is 0. The van der Waals surface area contributed by atoms with E-state index in [0.717, 1.165) is 23.3 Å². The number of pyridine rings is 1. The molecule has 0 aliphatic rings. The summed E-state index contributed by atoms with van der Waals surface area (Å²) in [6.45, 7) is 5.31. The molecule has 0 N–H and O–H groups in total. The monoisotopic (exact) mass is 627 g/mol. The van der Waals surface area contributed by atoms with Crippen LogP contribution in [0.4, 0.5) is 0 Å². The van der Waals surface area contributed by atoms with E-state index in [-0.39, 0.29) is 19.0 Å². The highest BCUT2D eigenvalue weighted by atomic mass is 31.2. The molecule has 0 saturated carbocycles. The molecule has 2 atom stereocenters. The molecule has 0 aliphatic heterocycles. The third-order valence-electron chi connectivity index (χ3n) is 7.42. The second-order valence-electron chi connectivity index (χ2n) is 11.1. The first kappa shape index (κ1) is 35.6. The van der Waals surface area contributed by atoms with Crippen molar-refractivity contribution >= 4 is 7.82 Å². The molecule has 0 spiro atoms. The van der Waals surface area contributed by atoms with Gasteiger partial charge in [0, 0.05) is 30.4 Å². The molecule has 0 fully saturated rings. The van der Waals surface area contributed by atoms with E-state index >= 15 is 0 Å². The summed E-state index contributed by atoms with van der Waals surface area (Å²) in [5.74, 6) is 1.63. The maximum atomic E-state index is 12.6. The van der Waals surface area contributed by atoms with E-state index < -0.39 is 13.9 Å². The molecule has 44 heavy (non-hydrogen) atoms.